The van der Waals surface area contributed by atoms with Crippen LogP contribution in [0.4, 0.5) is 10.2 Å². The predicted molar refractivity (Wildman–Crippen MR) is 78.3 cm³/mol. The lowest BCUT2D eigenvalue weighted by atomic mass is 10.1. The maximum absolute atomic E-state index is 13.5. The van der Waals surface area contributed by atoms with Gasteiger partial charge in [0, 0.05) is 11.1 Å². The molecule has 0 radical (unpaired) electrons. The Bertz CT molecular complexity index is 734. The van der Waals surface area contributed by atoms with Gasteiger partial charge in [-0.05, 0) is 18.2 Å². The minimum absolute atomic E-state index is 0.0253. The van der Waals surface area contributed by atoms with Crippen LogP contribution in [0.2, 0.25) is 5.02 Å². The highest BCUT2D eigenvalue weighted by atomic mass is 35.5. The molecular formula is C14H11ClFN3O2. The number of benzene rings is 1. The Hall–Kier alpha value is -2.47. The zero-order valence-electron chi connectivity index (χ0n) is 11.1. The summed E-state index contributed by atoms with van der Waals surface area (Å²) in [5.74, 6) is -1.17. The molecule has 7 heteroatoms. The number of nitrogen functional groups attached to an aromatic ring is 1. The molecule has 2 rings (SSSR count). The molecule has 5 nitrogen and oxygen atoms in total. The van der Waals surface area contributed by atoms with Crippen LogP contribution >= 0.6 is 11.6 Å². The third-order valence-electron chi connectivity index (χ3n) is 2.74. The van der Waals surface area contributed by atoms with Gasteiger partial charge in [-0.25, -0.2) is 19.2 Å². The van der Waals surface area contributed by atoms with E-state index in [1.165, 1.54) is 25.3 Å². The van der Waals surface area contributed by atoms with E-state index in [0.717, 1.165) is 6.07 Å². The summed E-state index contributed by atoms with van der Waals surface area (Å²) in [6.45, 7) is 3.55. The largest absolute Gasteiger partial charge is 0.464 e. The third-order valence-corrected chi connectivity index (χ3v) is 3.04. The molecular weight excluding hydrogens is 297 g/mol. The molecule has 0 aliphatic rings. The second kappa shape index (κ2) is 5.88. The van der Waals surface area contributed by atoms with E-state index in [0.29, 0.717) is 5.56 Å². The molecule has 0 aliphatic heterocycles. The quantitative estimate of drug-likeness (QED) is 0.882. The molecule has 1 heterocycles. The first-order valence-corrected chi connectivity index (χ1v) is 6.19. The summed E-state index contributed by atoms with van der Waals surface area (Å²) < 4.78 is 18.1. The summed E-state index contributed by atoms with van der Waals surface area (Å²) in [6.07, 6.45) is 1.35. The van der Waals surface area contributed by atoms with E-state index in [2.05, 4.69) is 21.3 Å². The fourth-order valence-corrected chi connectivity index (χ4v) is 1.82. The first-order valence-electron chi connectivity index (χ1n) is 5.81. The van der Waals surface area contributed by atoms with Crippen LogP contribution in [-0.2, 0) is 4.74 Å². The summed E-state index contributed by atoms with van der Waals surface area (Å²) >= 11 is 5.62. The molecule has 21 heavy (non-hydrogen) atoms. The fourth-order valence-electron chi connectivity index (χ4n) is 1.70. The Morgan fingerprint density at radius 3 is 2.76 bits per heavy atom. The Labute approximate surface area is 125 Å². The molecule has 0 saturated heterocycles. The Morgan fingerprint density at radius 2 is 2.19 bits per heavy atom. The molecule has 2 aromatic rings. The van der Waals surface area contributed by atoms with Gasteiger partial charge in [-0.3, -0.25) is 0 Å². The topological polar surface area (TPSA) is 78.1 Å². The van der Waals surface area contributed by atoms with Gasteiger partial charge in [0.15, 0.2) is 11.5 Å². The minimum Gasteiger partial charge on any atom is -0.464 e. The highest BCUT2D eigenvalue weighted by Crippen LogP contribution is 2.25. The van der Waals surface area contributed by atoms with Crippen molar-refractivity contribution in [1.29, 1.82) is 0 Å². The van der Waals surface area contributed by atoms with Crippen molar-refractivity contribution in [2.24, 2.45) is 0 Å². The van der Waals surface area contributed by atoms with E-state index in [-0.39, 0.29) is 27.9 Å². The number of ether oxygens (including phenoxy) is 1. The second-order valence-corrected chi connectivity index (χ2v) is 4.43. The lowest BCUT2D eigenvalue weighted by molar-refractivity contribution is 0.0594. The minimum atomic E-state index is -0.685. The second-order valence-electron chi connectivity index (χ2n) is 4.02. The first-order chi connectivity index (χ1) is 9.97. The van der Waals surface area contributed by atoms with Gasteiger partial charge < -0.3 is 10.5 Å². The van der Waals surface area contributed by atoms with Crippen LogP contribution in [0, 0.1) is 5.82 Å². The van der Waals surface area contributed by atoms with Crippen molar-refractivity contribution < 1.29 is 13.9 Å². The van der Waals surface area contributed by atoms with Crippen molar-refractivity contribution in [2.45, 2.75) is 0 Å². The molecule has 0 unspecified atom stereocenters. The van der Waals surface area contributed by atoms with Crippen molar-refractivity contribution in [3.8, 4) is 11.4 Å². The van der Waals surface area contributed by atoms with E-state index >= 15 is 0 Å². The van der Waals surface area contributed by atoms with Gasteiger partial charge in [-0.1, -0.05) is 24.3 Å². The molecule has 108 valence electrons. The molecule has 0 fully saturated rings. The van der Waals surface area contributed by atoms with Crippen LogP contribution in [0.1, 0.15) is 16.1 Å². The van der Waals surface area contributed by atoms with Crippen molar-refractivity contribution >= 4 is 29.5 Å². The zero-order chi connectivity index (χ0) is 15.6. The maximum atomic E-state index is 13.5. The number of methoxy groups -OCH3 is 1. The average Bonchev–Trinajstić information content (AvgIpc) is 2.48. The van der Waals surface area contributed by atoms with E-state index in [9.17, 15) is 9.18 Å². The monoisotopic (exact) mass is 307 g/mol. The van der Waals surface area contributed by atoms with Crippen LogP contribution in [0.25, 0.3) is 17.5 Å². The molecule has 0 bridgehead atoms. The van der Waals surface area contributed by atoms with Crippen molar-refractivity contribution in [3.05, 3.63) is 46.9 Å². The summed E-state index contributed by atoms with van der Waals surface area (Å²) in [5, 5.41) is -0.0253. The number of halogens is 2. The zero-order valence-corrected chi connectivity index (χ0v) is 11.8. The van der Waals surface area contributed by atoms with Crippen LogP contribution < -0.4 is 5.73 Å². The summed E-state index contributed by atoms with van der Waals surface area (Å²) in [4.78, 5) is 19.8. The van der Waals surface area contributed by atoms with Crippen LogP contribution in [0.15, 0.2) is 24.8 Å². The highest BCUT2D eigenvalue weighted by molar-refractivity contribution is 6.30. The first kappa shape index (κ1) is 14.9. The average molecular weight is 308 g/mol. The number of esters is 1. The van der Waals surface area contributed by atoms with Crippen molar-refractivity contribution in [2.75, 3.05) is 12.8 Å². The lowest BCUT2D eigenvalue weighted by Gasteiger charge is -2.09. The number of rotatable bonds is 3. The number of carbonyl (C=O) groups is 1. The Morgan fingerprint density at radius 1 is 1.48 bits per heavy atom. The molecule has 0 spiro atoms. The van der Waals surface area contributed by atoms with Gasteiger partial charge in [-0.2, -0.15) is 0 Å². The maximum Gasteiger partial charge on any atom is 0.357 e. The molecule has 0 aliphatic carbocycles. The molecule has 0 saturated carbocycles. The predicted octanol–water partition coefficient (Wildman–Crippen LogP) is 2.95. The number of anilines is 1. The van der Waals surface area contributed by atoms with Gasteiger partial charge in [0.2, 0.25) is 0 Å². The van der Waals surface area contributed by atoms with E-state index in [4.69, 9.17) is 17.3 Å². The van der Waals surface area contributed by atoms with E-state index < -0.39 is 11.8 Å². The Kier molecular flexibility index (Phi) is 4.18. The van der Waals surface area contributed by atoms with Crippen LogP contribution in [0.5, 0.6) is 0 Å². The summed E-state index contributed by atoms with van der Waals surface area (Å²) in [6, 6.07) is 4.05. The third kappa shape index (κ3) is 2.85. The van der Waals surface area contributed by atoms with Gasteiger partial charge in [0.05, 0.1) is 12.1 Å². The van der Waals surface area contributed by atoms with Crippen LogP contribution in [0.3, 0.4) is 0 Å². The van der Waals surface area contributed by atoms with Crippen LogP contribution in [-0.4, -0.2) is 23.0 Å². The summed E-state index contributed by atoms with van der Waals surface area (Å²) in [5.41, 5.74) is 6.35. The van der Waals surface area contributed by atoms with Gasteiger partial charge in [0.1, 0.15) is 11.6 Å². The molecule has 1 aromatic carbocycles. The number of aromatic nitrogens is 2. The SMILES string of the molecule is C=Cc1c(N)nc(-c2ccc(Cl)c(F)c2)nc1C(=O)OC. The number of hydrogen-bond donors (Lipinski definition) is 1. The normalized spacial score (nSPS) is 10.2. The summed E-state index contributed by atoms with van der Waals surface area (Å²) in [7, 11) is 1.22. The van der Waals surface area contributed by atoms with Gasteiger partial charge in [-0.15, -0.1) is 0 Å². The molecule has 2 N–H and O–H groups in total. The van der Waals surface area contributed by atoms with Gasteiger partial charge >= 0.3 is 5.97 Å². The highest BCUT2D eigenvalue weighted by Gasteiger charge is 2.18. The number of hydrogen-bond acceptors (Lipinski definition) is 5. The standard InChI is InChI=1S/C14H11ClFN3O2/c1-3-8-11(14(20)21-2)18-13(19-12(8)17)7-4-5-9(15)10(16)6-7/h3-6H,1H2,2H3,(H2,17,18,19). The molecule has 0 atom stereocenters. The van der Waals surface area contributed by atoms with E-state index in [1.54, 1.807) is 0 Å². The van der Waals surface area contributed by atoms with Gasteiger partial charge in [0.25, 0.3) is 0 Å². The van der Waals surface area contributed by atoms with Crippen molar-refractivity contribution in [1.82, 2.24) is 9.97 Å². The number of nitrogens with zero attached hydrogens (tertiary/aromatic N) is 2. The number of nitrogens with two attached hydrogens (primary N) is 1. The number of carbonyl (C=O) groups excluding carboxylic acids is 1. The lowest BCUT2D eigenvalue weighted by Crippen LogP contribution is -2.11. The van der Waals surface area contributed by atoms with Crippen molar-refractivity contribution in [3.63, 3.8) is 0 Å². The smallest absolute Gasteiger partial charge is 0.357 e. The van der Waals surface area contributed by atoms with E-state index in [1.807, 2.05) is 0 Å². The fraction of sp³-hybridized carbons (Fsp3) is 0.0714. The molecule has 0 amide bonds. The Balaban J connectivity index is 2.65. The molecule has 1 aromatic heterocycles.